The Balaban J connectivity index is 1.26. The van der Waals surface area contributed by atoms with Gasteiger partial charge in [-0.1, -0.05) is 92.1 Å². The Hall–Kier alpha value is -4.58. The van der Waals surface area contributed by atoms with E-state index in [4.69, 9.17) is 4.74 Å². The highest BCUT2D eigenvalue weighted by Crippen LogP contribution is 2.28. The van der Waals surface area contributed by atoms with Gasteiger partial charge >= 0.3 is 0 Å². The highest BCUT2D eigenvalue weighted by atomic mass is 16.5. The summed E-state index contributed by atoms with van der Waals surface area (Å²) in [4.78, 5) is 13.1. The second kappa shape index (κ2) is 14.0. The number of nitrogens with zero attached hydrogens (tertiary/aromatic N) is 1. The maximum atomic E-state index is 13.1. The summed E-state index contributed by atoms with van der Waals surface area (Å²) >= 11 is 0. The zero-order valence-corrected chi connectivity index (χ0v) is 22.7. The van der Waals surface area contributed by atoms with Crippen molar-refractivity contribution in [2.75, 3.05) is 10.6 Å². The third-order valence-electron chi connectivity index (χ3n) is 7.10. The van der Waals surface area contributed by atoms with Crippen LogP contribution in [0.5, 0.6) is 5.75 Å². The predicted octanol–water partition coefficient (Wildman–Crippen LogP) is 7.39. The molecule has 204 valence electrons. The molecule has 0 spiro atoms. The van der Waals surface area contributed by atoms with Crippen molar-refractivity contribution in [2.45, 2.75) is 51.3 Å². The summed E-state index contributed by atoms with van der Waals surface area (Å²) in [5.74, 6) is 0.431. The van der Waals surface area contributed by atoms with Crippen molar-refractivity contribution in [1.82, 2.24) is 5.43 Å². The molecule has 6 heteroatoms. The molecule has 40 heavy (non-hydrogen) atoms. The van der Waals surface area contributed by atoms with Gasteiger partial charge in [0.15, 0.2) is 0 Å². The monoisotopic (exact) mass is 532 g/mol. The number of benzene rings is 4. The van der Waals surface area contributed by atoms with Gasteiger partial charge in [-0.05, 0) is 54.3 Å². The molecule has 1 fully saturated rings. The van der Waals surface area contributed by atoms with E-state index in [1.165, 1.54) is 37.7 Å². The number of carbonyl (C=O) groups excluding carboxylic acids is 1. The maximum Gasteiger partial charge on any atom is 0.271 e. The quantitative estimate of drug-likeness (QED) is 0.139. The van der Waals surface area contributed by atoms with E-state index in [2.05, 4.69) is 33.3 Å². The van der Waals surface area contributed by atoms with Gasteiger partial charge in [0.2, 0.25) is 0 Å². The Morgan fingerprint density at radius 3 is 2.27 bits per heavy atom. The number of nitrogens with one attached hydrogen (secondary N) is 3. The van der Waals surface area contributed by atoms with Crippen LogP contribution in [0.15, 0.2) is 108 Å². The Labute approximate surface area is 236 Å². The van der Waals surface area contributed by atoms with Crippen LogP contribution in [-0.4, -0.2) is 18.2 Å². The van der Waals surface area contributed by atoms with Gasteiger partial charge in [-0.3, -0.25) is 4.79 Å². The topological polar surface area (TPSA) is 74.8 Å². The van der Waals surface area contributed by atoms with E-state index in [-0.39, 0.29) is 5.91 Å². The summed E-state index contributed by atoms with van der Waals surface area (Å²) < 4.78 is 6.00. The van der Waals surface area contributed by atoms with Crippen molar-refractivity contribution in [1.29, 1.82) is 0 Å². The second-order valence-corrected chi connectivity index (χ2v) is 10.1. The molecule has 4 aromatic rings. The zero-order valence-electron chi connectivity index (χ0n) is 22.7. The molecule has 0 bridgehead atoms. The Morgan fingerprint density at radius 1 is 0.800 bits per heavy atom. The molecule has 0 atom stereocenters. The average molecular weight is 533 g/mol. The summed E-state index contributed by atoms with van der Waals surface area (Å²) in [6, 6.07) is 34.1. The first-order valence-electron chi connectivity index (χ1n) is 14.0. The Morgan fingerprint density at radius 2 is 1.50 bits per heavy atom. The molecule has 0 heterocycles. The fourth-order valence-electron chi connectivity index (χ4n) is 4.90. The smallest absolute Gasteiger partial charge is 0.271 e. The van der Waals surface area contributed by atoms with Gasteiger partial charge in [-0.25, -0.2) is 5.43 Å². The first-order valence-corrected chi connectivity index (χ1v) is 14.0. The van der Waals surface area contributed by atoms with Gasteiger partial charge in [-0.2, -0.15) is 5.10 Å². The zero-order chi connectivity index (χ0) is 27.4. The van der Waals surface area contributed by atoms with E-state index in [0.29, 0.717) is 30.5 Å². The second-order valence-electron chi connectivity index (χ2n) is 10.1. The van der Waals surface area contributed by atoms with Crippen LogP contribution in [0.2, 0.25) is 0 Å². The molecule has 5 rings (SSSR count). The lowest BCUT2D eigenvalue weighted by atomic mass is 9.95. The highest BCUT2D eigenvalue weighted by Gasteiger charge is 2.16. The fourth-order valence-corrected chi connectivity index (χ4v) is 4.90. The van der Waals surface area contributed by atoms with Crippen molar-refractivity contribution in [3.63, 3.8) is 0 Å². The van der Waals surface area contributed by atoms with Gasteiger partial charge in [0.25, 0.3) is 5.91 Å². The third kappa shape index (κ3) is 7.73. The SMILES string of the molecule is O=C(N/N=C/c1ccccc1OCc1ccccc1)c1ccc(NC2CCCCC2)c(NCc2ccccc2)c1. The Kier molecular flexibility index (Phi) is 9.45. The molecule has 4 aromatic carbocycles. The number of anilines is 2. The molecule has 0 unspecified atom stereocenters. The number of carbonyl (C=O) groups is 1. The van der Waals surface area contributed by atoms with Crippen LogP contribution in [0.3, 0.4) is 0 Å². The number of hydrogen-bond acceptors (Lipinski definition) is 5. The molecule has 0 saturated heterocycles. The van der Waals surface area contributed by atoms with Gasteiger partial charge in [0.05, 0.1) is 17.6 Å². The van der Waals surface area contributed by atoms with Crippen LogP contribution in [0.4, 0.5) is 11.4 Å². The first kappa shape index (κ1) is 27.0. The summed E-state index contributed by atoms with van der Waals surface area (Å²) in [6.45, 7) is 1.13. The highest BCUT2D eigenvalue weighted by molar-refractivity contribution is 5.97. The molecule has 1 aliphatic rings. The maximum absolute atomic E-state index is 13.1. The van der Waals surface area contributed by atoms with Gasteiger partial charge in [-0.15, -0.1) is 0 Å². The lowest BCUT2D eigenvalue weighted by Crippen LogP contribution is -2.23. The van der Waals surface area contributed by atoms with Crippen molar-refractivity contribution in [3.05, 3.63) is 125 Å². The van der Waals surface area contributed by atoms with Gasteiger partial charge < -0.3 is 15.4 Å². The van der Waals surface area contributed by atoms with Crippen molar-refractivity contribution >= 4 is 23.5 Å². The van der Waals surface area contributed by atoms with E-state index >= 15 is 0 Å². The van der Waals surface area contributed by atoms with Crippen LogP contribution in [-0.2, 0) is 13.2 Å². The minimum Gasteiger partial charge on any atom is -0.488 e. The molecule has 6 nitrogen and oxygen atoms in total. The molecule has 0 radical (unpaired) electrons. The van der Waals surface area contributed by atoms with Crippen LogP contribution in [0.25, 0.3) is 0 Å². The van der Waals surface area contributed by atoms with E-state index in [0.717, 1.165) is 22.5 Å². The van der Waals surface area contributed by atoms with Crippen LogP contribution >= 0.6 is 0 Å². The summed E-state index contributed by atoms with van der Waals surface area (Å²) in [7, 11) is 0. The van der Waals surface area contributed by atoms with Gasteiger partial charge in [0.1, 0.15) is 12.4 Å². The predicted molar refractivity (Wildman–Crippen MR) is 163 cm³/mol. The molecular formula is C34H36N4O2. The lowest BCUT2D eigenvalue weighted by Gasteiger charge is -2.25. The minimum absolute atomic E-state index is 0.272. The summed E-state index contributed by atoms with van der Waals surface area (Å²) in [5.41, 5.74) is 8.19. The fraction of sp³-hybridized carbons (Fsp3) is 0.235. The van der Waals surface area contributed by atoms with Crippen LogP contribution in [0.1, 0.15) is 59.2 Å². The molecular weight excluding hydrogens is 496 g/mol. The molecule has 3 N–H and O–H groups in total. The minimum atomic E-state index is -0.272. The van der Waals surface area contributed by atoms with Crippen molar-refractivity contribution in [2.24, 2.45) is 5.10 Å². The number of amides is 1. The molecule has 1 amide bonds. The number of rotatable bonds is 11. The van der Waals surface area contributed by atoms with Crippen molar-refractivity contribution in [3.8, 4) is 5.75 Å². The number of hydrazone groups is 1. The van der Waals surface area contributed by atoms with Crippen LogP contribution in [0, 0.1) is 0 Å². The van der Waals surface area contributed by atoms with Crippen LogP contribution < -0.4 is 20.8 Å². The average Bonchev–Trinajstić information content (AvgIpc) is 3.01. The normalized spacial score (nSPS) is 13.6. The van der Waals surface area contributed by atoms with E-state index < -0.39 is 0 Å². The Bertz CT molecular complexity index is 1400. The molecule has 0 aliphatic heterocycles. The lowest BCUT2D eigenvalue weighted by molar-refractivity contribution is 0.0955. The number of ether oxygens (including phenoxy) is 1. The summed E-state index contributed by atoms with van der Waals surface area (Å²) in [6.07, 6.45) is 7.77. The molecule has 1 aliphatic carbocycles. The molecule has 1 saturated carbocycles. The number of para-hydroxylation sites is 1. The van der Waals surface area contributed by atoms with E-state index in [1.807, 2.05) is 91.0 Å². The third-order valence-corrected chi connectivity index (χ3v) is 7.10. The van der Waals surface area contributed by atoms with Crippen molar-refractivity contribution < 1.29 is 9.53 Å². The van der Waals surface area contributed by atoms with Gasteiger partial charge in [0, 0.05) is 23.7 Å². The first-order chi connectivity index (χ1) is 19.7. The molecule has 0 aromatic heterocycles. The van der Waals surface area contributed by atoms with E-state index in [1.54, 1.807) is 6.21 Å². The van der Waals surface area contributed by atoms with E-state index in [9.17, 15) is 4.79 Å². The largest absolute Gasteiger partial charge is 0.488 e. The number of hydrogen-bond donors (Lipinski definition) is 3. The standard InChI is InChI=1S/C34H36N4O2/c39-34(38-36-24-29-16-10-11-19-33(29)40-25-27-14-6-2-7-15-27)28-20-21-31(37-30-17-8-3-9-18-30)32(22-28)35-23-26-12-4-1-5-13-26/h1-2,4-7,10-16,19-22,24,30,35,37H,3,8-9,17-18,23,25H2,(H,38,39)/b36-24+. The summed E-state index contributed by atoms with van der Waals surface area (Å²) in [5, 5.41) is 11.5.